The molecule has 2 aromatic carbocycles. The maximum absolute atomic E-state index is 10.4. The van der Waals surface area contributed by atoms with Gasteiger partial charge in [0.25, 0.3) is 0 Å². The number of nitrogens with two attached hydrogens (primary N) is 1. The molecule has 1 saturated heterocycles. The number of guanidine groups is 1. The van der Waals surface area contributed by atoms with Gasteiger partial charge in [0.15, 0.2) is 5.96 Å². The van der Waals surface area contributed by atoms with Crippen LogP contribution in [0, 0.1) is 11.3 Å². The topological polar surface area (TPSA) is 85.8 Å². The van der Waals surface area contributed by atoms with Crippen LogP contribution in [-0.4, -0.2) is 53.7 Å². The number of hydrogen-bond donors (Lipinski definition) is 3. The summed E-state index contributed by atoms with van der Waals surface area (Å²) >= 11 is 0. The zero-order valence-electron chi connectivity index (χ0n) is 17.5. The fourth-order valence-corrected chi connectivity index (χ4v) is 4.40. The molecule has 6 heteroatoms. The van der Waals surface area contributed by atoms with Crippen molar-refractivity contribution in [3.63, 3.8) is 0 Å². The highest BCUT2D eigenvalue weighted by Crippen LogP contribution is 2.26. The molecule has 160 valence electrons. The maximum atomic E-state index is 10.4. The normalized spacial score (nSPS) is 18.6. The first-order valence-electron chi connectivity index (χ1n) is 10.9. The molecule has 0 spiro atoms. The highest BCUT2D eigenvalue weighted by molar-refractivity contribution is 5.75. The molecule has 0 aliphatic carbocycles. The van der Waals surface area contributed by atoms with Crippen molar-refractivity contribution in [2.75, 3.05) is 32.8 Å². The SMILES string of the molecule is N=C(N)N1CCc2ccc(OCC3CCN(CC(O)c4ccccc4)CC3)cc2C1. The summed E-state index contributed by atoms with van der Waals surface area (Å²) in [7, 11) is 0. The summed E-state index contributed by atoms with van der Waals surface area (Å²) in [6.07, 6.45) is 2.67. The molecule has 2 heterocycles. The van der Waals surface area contributed by atoms with Crippen molar-refractivity contribution in [2.45, 2.75) is 31.9 Å². The summed E-state index contributed by atoms with van der Waals surface area (Å²) in [6, 6.07) is 16.2. The van der Waals surface area contributed by atoms with E-state index in [-0.39, 0.29) is 5.96 Å². The number of aliphatic hydroxyl groups is 1. The van der Waals surface area contributed by atoms with Gasteiger partial charge in [-0.3, -0.25) is 5.41 Å². The largest absolute Gasteiger partial charge is 0.493 e. The van der Waals surface area contributed by atoms with Crippen molar-refractivity contribution in [1.29, 1.82) is 5.41 Å². The van der Waals surface area contributed by atoms with Crippen LogP contribution in [0.1, 0.15) is 35.6 Å². The number of ether oxygens (including phenoxy) is 1. The van der Waals surface area contributed by atoms with Gasteiger partial charge >= 0.3 is 0 Å². The maximum Gasteiger partial charge on any atom is 0.188 e. The Bertz CT molecular complexity index is 850. The number of nitrogens with zero attached hydrogens (tertiary/aromatic N) is 2. The molecular formula is C24H32N4O2. The van der Waals surface area contributed by atoms with E-state index in [0.717, 1.165) is 56.8 Å². The smallest absolute Gasteiger partial charge is 0.188 e. The van der Waals surface area contributed by atoms with E-state index < -0.39 is 6.10 Å². The minimum absolute atomic E-state index is 0.135. The van der Waals surface area contributed by atoms with Crippen LogP contribution in [0.15, 0.2) is 48.5 Å². The van der Waals surface area contributed by atoms with Gasteiger partial charge in [0.2, 0.25) is 0 Å². The molecule has 4 rings (SSSR count). The third-order valence-electron chi connectivity index (χ3n) is 6.34. The number of benzene rings is 2. The Morgan fingerprint density at radius 1 is 1.10 bits per heavy atom. The Hall–Kier alpha value is -2.57. The van der Waals surface area contributed by atoms with E-state index in [9.17, 15) is 5.11 Å². The number of piperidine rings is 1. The van der Waals surface area contributed by atoms with Gasteiger partial charge in [-0.2, -0.15) is 0 Å². The van der Waals surface area contributed by atoms with Crippen molar-refractivity contribution in [1.82, 2.24) is 9.80 Å². The molecule has 1 fully saturated rings. The lowest BCUT2D eigenvalue weighted by Gasteiger charge is -2.33. The molecule has 0 radical (unpaired) electrons. The first-order valence-corrected chi connectivity index (χ1v) is 10.9. The number of fused-ring (bicyclic) bond motifs is 1. The molecule has 2 aliphatic heterocycles. The third kappa shape index (κ3) is 5.12. The molecule has 0 amide bonds. The number of β-amino-alcohol motifs (C(OH)–C–C–N with tert-alkyl or cyclic N) is 1. The van der Waals surface area contributed by atoms with Gasteiger partial charge in [-0.05, 0) is 67.1 Å². The molecule has 0 saturated carbocycles. The van der Waals surface area contributed by atoms with Crippen molar-refractivity contribution < 1.29 is 9.84 Å². The molecule has 4 N–H and O–H groups in total. The Balaban J connectivity index is 1.23. The van der Waals surface area contributed by atoms with Gasteiger partial charge in [-0.15, -0.1) is 0 Å². The second-order valence-electron chi connectivity index (χ2n) is 8.47. The summed E-state index contributed by atoms with van der Waals surface area (Å²) in [6.45, 7) is 4.90. The zero-order chi connectivity index (χ0) is 20.9. The predicted molar refractivity (Wildman–Crippen MR) is 119 cm³/mol. The van der Waals surface area contributed by atoms with E-state index in [0.29, 0.717) is 19.0 Å². The Morgan fingerprint density at radius 2 is 1.87 bits per heavy atom. The fraction of sp³-hybridized carbons (Fsp3) is 0.458. The lowest BCUT2D eigenvalue weighted by atomic mass is 9.97. The highest BCUT2D eigenvalue weighted by atomic mass is 16.5. The molecule has 1 atom stereocenters. The average molecular weight is 409 g/mol. The van der Waals surface area contributed by atoms with Gasteiger partial charge in [0.1, 0.15) is 5.75 Å². The Kier molecular flexibility index (Phi) is 6.55. The second-order valence-corrected chi connectivity index (χ2v) is 8.47. The molecule has 0 aromatic heterocycles. The van der Waals surface area contributed by atoms with E-state index in [1.807, 2.05) is 35.2 Å². The fourth-order valence-electron chi connectivity index (χ4n) is 4.40. The van der Waals surface area contributed by atoms with Crippen molar-refractivity contribution in [3.05, 3.63) is 65.2 Å². The van der Waals surface area contributed by atoms with Crippen molar-refractivity contribution in [2.24, 2.45) is 11.7 Å². The van der Waals surface area contributed by atoms with E-state index >= 15 is 0 Å². The average Bonchev–Trinajstić information content (AvgIpc) is 2.78. The number of hydrogen-bond acceptors (Lipinski definition) is 4. The number of rotatable bonds is 6. The summed E-state index contributed by atoms with van der Waals surface area (Å²) in [5, 5.41) is 18.1. The van der Waals surface area contributed by atoms with Gasteiger partial charge in [-0.1, -0.05) is 36.4 Å². The van der Waals surface area contributed by atoms with Crippen LogP contribution in [0.25, 0.3) is 0 Å². The minimum Gasteiger partial charge on any atom is -0.493 e. The zero-order valence-corrected chi connectivity index (χ0v) is 17.5. The summed E-state index contributed by atoms with van der Waals surface area (Å²) in [4.78, 5) is 4.25. The molecule has 1 unspecified atom stereocenters. The lowest BCUT2D eigenvalue weighted by molar-refractivity contribution is 0.0793. The Labute approximate surface area is 178 Å². The van der Waals surface area contributed by atoms with Crippen molar-refractivity contribution in [3.8, 4) is 5.75 Å². The molecule has 30 heavy (non-hydrogen) atoms. The van der Waals surface area contributed by atoms with Crippen LogP contribution in [0.4, 0.5) is 0 Å². The molecule has 0 bridgehead atoms. The third-order valence-corrected chi connectivity index (χ3v) is 6.34. The van der Waals surface area contributed by atoms with Crippen LogP contribution in [-0.2, 0) is 13.0 Å². The lowest BCUT2D eigenvalue weighted by Crippen LogP contribution is -2.40. The number of likely N-dealkylation sites (tertiary alicyclic amines) is 1. The highest BCUT2D eigenvalue weighted by Gasteiger charge is 2.22. The standard InChI is InChI=1S/C24H32N4O2/c25-24(26)28-13-10-19-6-7-22(14-21(19)15-28)30-17-18-8-11-27(12-9-18)16-23(29)20-4-2-1-3-5-20/h1-7,14,18,23,29H,8-13,15-17H2,(H3,25,26). The monoisotopic (exact) mass is 408 g/mol. The summed E-state index contributed by atoms with van der Waals surface area (Å²) in [5.74, 6) is 1.58. The van der Waals surface area contributed by atoms with Gasteiger partial charge in [-0.25, -0.2) is 0 Å². The first-order chi connectivity index (χ1) is 14.6. The van der Waals surface area contributed by atoms with E-state index in [1.165, 1.54) is 11.1 Å². The molecular weight excluding hydrogens is 376 g/mol. The van der Waals surface area contributed by atoms with Crippen LogP contribution in [0.2, 0.25) is 0 Å². The van der Waals surface area contributed by atoms with Crippen LogP contribution in [0.5, 0.6) is 5.75 Å². The quantitative estimate of drug-likeness (QED) is 0.505. The van der Waals surface area contributed by atoms with Gasteiger partial charge in [0, 0.05) is 19.6 Å². The molecule has 2 aromatic rings. The van der Waals surface area contributed by atoms with E-state index in [2.05, 4.69) is 23.1 Å². The molecule has 2 aliphatic rings. The van der Waals surface area contributed by atoms with Crippen molar-refractivity contribution >= 4 is 5.96 Å². The van der Waals surface area contributed by atoms with E-state index in [4.69, 9.17) is 15.9 Å². The van der Waals surface area contributed by atoms with Crippen LogP contribution in [0.3, 0.4) is 0 Å². The Morgan fingerprint density at radius 3 is 2.60 bits per heavy atom. The number of aliphatic hydroxyl groups excluding tert-OH is 1. The first kappa shape index (κ1) is 20.7. The van der Waals surface area contributed by atoms with Gasteiger partial charge < -0.3 is 25.4 Å². The molecule has 6 nitrogen and oxygen atoms in total. The minimum atomic E-state index is -0.427. The van der Waals surface area contributed by atoms with Crippen LogP contribution < -0.4 is 10.5 Å². The van der Waals surface area contributed by atoms with E-state index in [1.54, 1.807) is 0 Å². The second kappa shape index (κ2) is 9.49. The summed E-state index contributed by atoms with van der Waals surface area (Å²) in [5.41, 5.74) is 9.17. The summed E-state index contributed by atoms with van der Waals surface area (Å²) < 4.78 is 6.12. The number of nitrogens with one attached hydrogen (secondary N) is 1. The predicted octanol–water partition coefficient (Wildman–Crippen LogP) is 2.76. The van der Waals surface area contributed by atoms with Gasteiger partial charge in [0.05, 0.1) is 12.7 Å². The van der Waals surface area contributed by atoms with Crippen LogP contribution >= 0.6 is 0 Å².